The quantitative estimate of drug-likeness (QED) is 0.556. The van der Waals surface area contributed by atoms with E-state index in [1.165, 1.54) is 0 Å². The maximum atomic E-state index is 11.6. The van der Waals surface area contributed by atoms with Gasteiger partial charge in [0.05, 0.1) is 6.61 Å². The summed E-state index contributed by atoms with van der Waals surface area (Å²) < 4.78 is 4.93. The van der Waals surface area contributed by atoms with Crippen LogP contribution in [0.1, 0.15) is 24.4 Å². The largest absolute Gasteiger partial charge is 0.370 e. The van der Waals surface area contributed by atoms with Gasteiger partial charge in [0.1, 0.15) is 6.61 Å². The van der Waals surface area contributed by atoms with Crippen LogP contribution >= 0.6 is 0 Å². The van der Waals surface area contributed by atoms with Crippen LogP contribution in [0, 0.1) is 0 Å². The molecule has 110 valence electrons. The van der Waals surface area contributed by atoms with E-state index in [1.807, 2.05) is 30.3 Å². The van der Waals surface area contributed by atoms with E-state index in [1.54, 1.807) is 0 Å². The number of carbonyl (C=O) groups is 2. The number of hydrogen-bond acceptors (Lipinski definition) is 4. The number of nitrogens with two attached hydrogens (primary N) is 2. The van der Waals surface area contributed by atoms with Crippen LogP contribution in [0.25, 0.3) is 0 Å². The summed E-state index contributed by atoms with van der Waals surface area (Å²) in [6.07, 6.45) is 0.934. The van der Waals surface area contributed by atoms with E-state index in [0.717, 1.165) is 5.56 Å². The van der Waals surface area contributed by atoms with E-state index >= 15 is 0 Å². The summed E-state index contributed by atoms with van der Waals surface area (Å²) >= 11 is 0. The normalized spacial score (nSPS) is 11.8. The first-order valence-corrected chi connectivity index (χ1v) is 6.53. The minimum Gasteiger partial charge on any atom is -0.370 e. The van der Waals surface area contributed by atoms with Crippen molar-refractivity contribution in [3.63, 3.8) is 0 Å². The molecule has 1 atom stereocenters. The van der Waals surface area contributed by atoms with Gasteiger partial charge >= 0.3 is 0 Å². The summed E-state index contributed by atoms with van der Waals surface area (Å²) in [7, 11) is 0. The smallest absolute Gasteiger partial charge is 0.243 e. The fourth-order valence-corrected chi connectivity index (χ4v) is 1.68. The Bertz CT molecular complexity index is 423. The topological polar surface area (TPSA) is 107 Å². The molecule has 0 heterocycles. The van der Waals surface area contributed by atoms with Crippen LogP contribution in [0.2, 0.25) is 0 Å². The number of rotatable bonds is 9. The fraction of sp³-hybridized carbons (Fsp3) is 0.429. The van der Waals surface area contributed by atoms with Crippen molar-refractivity contribution >= 4 is 11.8 Å². The summed E-state index contributed by atoms with van der Waals surface area (Å²) in [4.78, 5) is 22.0. The zero-order valence-corrected chi connectivity index (χ0v) is 11.4. The molecule has 5 N–H and O–H groups in total. The van der Waals surface area contributed by atoms with Crippen molar-refractivity contribution in [2.24, 2.45) is 11.5 Å². The lowest BCUT2D eigenvalue weighted by Gasteiger charge is -2.11. The maximum Gasteiger partial charge on any atom is 0.243 e. The van der Waals surface area contributed by atoms with Gasteiger partial charge in [-0.05, 0) is 12.0 Å². The van der Waals surface area contributed by atoms with Crippen LogP contribution in [0.3, 0.4) is 0 Å². The molecule has 6 heteroatoms. The molecule has 0 aliphatic carbocycles. The lowest BCUT2D eigenvalue weighted by atomic mass is 10.0. The van der Waals surface area contributed by atoms with Crippen molar-refractivity contribution in [3.05, 3.63) is 35.9 Å². The Kier molecular flexibility index (Phi) is 7.31. The van der Waals surface area contributed by atoms with Gasteiger partial charge in [0.2, 0.25) is 11.8 Å². The highest BCUT2D eigenvalue weighted by Crippen LogP contribution is 2.14. The van der Waals surface area contributed by atoms with Crippen molar-refractivity contribution in [1.29, 1.82) is 0 Å². The van der Waals surface area contributed by atoms with Gasteiger partial charge in [-0.3, -0.25) is 9.59 Å². The number of ether oxygens (including phenoxy) is 1. The van der Waals surface area contributed by atoms with Crippen molar-refractivity contribution in [3.8, 4) is 0 Å². The SMILES string of the molecule is NC(=O)COCCNC(=O)CCC(N)c1ccccc1. The Balaban J connectivity index is 2.12. The fourth-order valence-electron chi connectivity index (χ4n) is 1.68. The molecule has 0 spiro atoms. The predicted octanol–water partition coefficient (Wildman–Crippen LogP) is 0.0847. The van der Waals surface area contributed by atoms with Crippen LogP contribution in [0.4, 0.5) is 0 Å². The third-order valence-electron chi connectivity index (χ3n) is 2.72. The highest BCUT2D eigenvalue weighted by Gasteiger charge is 2.08. The van der Waals surface area contributed by atoms with Gasteiger partial charge in [0, 0.05) is 19.0 Å². The average Bonchev–Trinajstić information content (AvgIpc) is 2.45. The first-order chi connectivity index (χ1) is 9.59. The summed E-state index contributed by atoms with van der Waals surface area (Å²) in [6.45, 7) is 0.487. The van der Waals surface area contributed by atoms with Gasteiger partial charge in [-0.2, -0.15) is 0 Å². The van der Waals surface area contributed by atoms with Gasteiger partial charge in [0.25, 0.3) is 0 Å². The third kappa shape index (κ3) is 6.86. The number of hydrogen-bond donors (Lipinski definition) is 3. The summed E-state index contributed by atoms with van der Waals surface area (Å²) in [5, 5.41) is 2.69. The molecule has 0 bridgehead atoms. The predicted molar refractivity (Wildman–Crippen MR) is 75.6 cm³/mol. The zero-order chi connectivity index (χ0) is 14.8. The van der Waals surface area contributed by atoms with E-state index < -0.39 is 5.91 Å². The van der Waals surface area contributed by atoms with E-state index in [2.05, 4.69) is 5.32 Å². The highest BCUT2D eigenvalue weighted by molar-refractivity contribution is 5.76. The van der Waals surface area contributed by atoms with E-state index in [4.69, 9.17) is 16.2 Å². The molecule has 1 unspecified atom stereocenters. The first kappa shape index (κ1) is 16.1. The van der Waals surface area contributed by atoms with Gasteiger partial charge in [0.15, 0.2) is 0 Å². The number of amides is 2. The second-order valence-electron chi connectivity index (χ2n) is 4.42. The maximum absolute atomic E-state index is 11.6. The number of primary amides is 1. The molecule has 0 aromatic heterocycles. The molecule has 2 amide bonds. The molecule has 0 aliphatic rings. The van der Waals surface area contributed by atoms with Crippen LogP contribution in [-0.4, -0.2) is 31.6 Å². The minimum absolute atomic E-state index is 0.0842. The molecule has 1 aromatic carbocycles. The molecule has 1 aromatic rings. The molecule has 0 aliphatic heterocycles. The zero-order valence-electron chi connectivity index (χ0n) is 11.4. The molecule has 1 rings (SSSR count). The summed E-state index contributed by atoms with van der Waals surface area (Å²) in [6, 6.07) is 9.51. The molecule has 0 fully saturated rings. The van der Waals surface area contributed by atoms with Crippen LogP contribution in [0.5, 0.6) is 0 Å². The number of benzene rings is 1. The first-order valence-electron chi connectivity index (χ1n) is 6.53. The van der Waals surface area contributed by atoms with Crippen LogP contribution in [-0.2, 0) is 14.3 Å². The number of nitrogens with one attached hydrogen (secondary N) is 1. The van der Waals surface area contributed by atoms with Crippen molar-refractivity contribution < 1.29 is 14.3 Å². The number of carbonyl (C=O) groups excluding carboxylic acids is 2. The molecule has 6 nitrogen and oxygen atoms in total. The van der Waals surface area contributed by atoms with E-state index in [0.29, 0.717) is 19.4 Å². The third-order valence-corrected chi connectivity index (χ3v) is 2.72. The van der Waals surface area contributed by atoms with Crippen LogP contribution in [0.15, 0.2) is 30.3 Å². The highest BCUT2D eigenvalue weighted by atomic mass is 16.5. The molecule has 0 saturated heterocycles. The van der Waals surface area contributed by atoms with Gasteiger partial charge in [-0.25, -0.2) is 0 Å². The molecule has 20 heavy (non-hydrogen) atoms. The van der Waals surface area contributed by atoms with Crippen molar-refractivity contribution in [1.82, 2.24) is 5.32 Å². The average molecular weight is 279 g/mol. The lowest BCUT2D eigenvalue weighted by molar-refractivity contribution is -0.122. The summed E-state index contributed by atoms with van der Waals surface area (Å²) in [5.41, 5.74) is 11.9. The molecule has 0 saturated carbocycles. The Morgan fingerprint density at radius 1 is 1.25 bits per heavy atom. The molecular weight excluding hydrogens is 258 g/mol. The second-order valence-corrected chi connectivity index (χ2v) is 4.42. The monoisotopic (exact) mass is 279 g/mol. The summed E-state index contributed by atoms with van der Waals surface area (Å²) in [5.74, 6) is -0.607. The molecular formula is C14H21N3O3. The Morgan fingerprint density at radius 2 is 1.95 bits per heavy atom. The molecule has 0 radical (unpaired) electrons. The van der Waals surface area contributed by atoms with E-state index in [-0.39, 0.29) is 25.2 Å². The Labute approximate surface area is 118 Å². The van der Waals surface area contributed by atoms with Crippen molar-refractivity contribution in [2.75, 3.05) is 19.8 Å². The van der Waals surface area contributed by atoms with E-state index in [9.17, 15) is 9.59 Å². The lowest BCUT2D eigenvalue weighted by Crippen LogP contribution is -2.29. The van der Waals surface area contributed by atoms with Gasteiger partial charge in [-0.15, -0.1) is 0 Å². The van der Waals surface area contributed by atoms with Gasteiger partial charge in [-0.1, -0.05) is 30.3 Å². The standard InChI is InChI=1S/C14H21N3O3/c15-12(11-4-2-1-3-5-11)6-7-14(19)17-8-9-20-10-13(16)18/h1-5,12H,6-10,15H2,(H2,16,18)(H,17,19). The Hall–Kier alpha value is -1.92. The second kappa shape index (κ2) is 9.06. The minimum atomic E-state index is -0.523. The van der Waals surface area contributed by atoms with Gasteiger partial charge < -0.3 is 21.5 Å². The van der Waals surface area contributed by atoms with Crippen LogP contribution < -0.4 is 16.8 Å². The van der Waals surface area contributed by atoms with Crippen molar-refractivity contribution in [2.45, 2.75) is 18.9 Å². The Morgan fingerprint density at radius 3 is 2.60 bits per heavy atom.